The van der Waals surface area contributed by atoms with Crippen LogP contribution in [0.4, 0.5) is 4.39 Å². The minimum atomic E-state index is -2.87. The topological polar surface area (TPSA) is 70.6 Å². The highest BCUT2D eigenvalue weighted by molar-refractivity contribution is 7.91. The first-order chi connectivity index (χ1) is 12.5. The van der Waals surface area contributed by atoms with Crippen molar-refractivity contribution in [3.05, 3.63) is 35.6 Å². The number of hydrogen-bond donors (Lipinski definition) is 2. The standard InChI is InChI=1S/C19H28FN3O2S/c20-17-8-6-15(7-9-17)12-21-19(23-18-4-2-1-3-5-18)22-13-16-10-11-26(24,25)14-16/h6-9,16,18H,1-5,10-14H2,(H2,21,22,23). The largest absolute Gasteiger partial charge is 0.356 e. The van der Waals surface area contributed by atoms with Gasteiger partial charge in [0.1, 0.15) is 5.82 Å². The minimum absolute atomic E-state index is 0.143. The second kappa shape index (κ2) is 8.84. The third kappa shape index (κ3) is 5.97. The fourth-order valence-corrected chi connectivity index (χ4v) is 5.49. The number of aliphatic imine (C=N–C) groups is 1. The van der Waals surface area contributed by atoms with Gasteiger partial charge in [-0.1, -0.05) is 31.4 Å². The van der Waals surface area contributed by atoms with Crippen molar-refractivity contribution in [3.63, 3.8) is 0 Å². The van der Waals surface area contributed by atoms with Crippen LogP contribution in [0.2, 0.25) is 0 Å². The number of rotatable bonds is 5. The van der Waals surface area contributed by atoms with Gasteiger partial charge in [-0.05, 0) is 42.9 Å². The number of hydrogen-bond acceptors (Lipinski definition) is 3. The molecule has 26 heavy (non-hydrogen) atoms. The van der Waals surface area contributed by atoms with E-state index in [9.17, 15) is 12.8 Å². The quantitative estimate of drug-likeness (QED) is 0.608. The molecule has 7 heteroatoms. The summed E-state index contributed by atoms with van der Waals surface area (Å²) in [6.45, 7) is 1.08. The van der Waals surface area contributed by atoms with Crippen LogP contribution in [-0.4, -0.2) is 38.5 Å². The monoisotopic (exact) mass is 381 g/mol. The summed E-state index contributed by atoms with van der Waals surface area (Å²) >= 11 is 0. The van der Waals surface area contributed by atoms with Crippen LogP contribution in [0.15, 0.2) is 29.3 Å². The zero-order chi connectivity index (χ0) is 18.4. The van der Waals surface area contributed by atoms with E-state index < -0.39 is 9.84 Å². The first-order valence-corrected chi connectivity index (χ1v) is 11.3. The lowest BCUT2D eigenvalue weighted by Crippen LogP contribution is -2.45. The van der Waals surface area contributed by atoms with E-state index in [1.54, 1.807) is 12.1 Å². The normalized spacial score (nSPS) is 23.7. The molecule has 5 nitrogen and oxygen atoms in total. The van der Waals surface area contributed by atoms with Crippen LogP contribution in [-0.2, 0) is 16.4 Å². The molecule has 0 amide bonds. The number of nitrogens with zero attached hydrogens (tertiary/aromatic N) is 1. The molecule has 1 aliphatic heterocycles. The Morgan fingerprint density at radius 2 is 1.85 bits per heavy atom. The zero-order valence-corrected chi connectivity index (χ0v) is 15.9. The molecular formula is C19H28FN3O2S. The van der Waals surface area contributed by atoms with Gasteiger partial charge in [0.25, 0.3) is 0 Å². The first-order valence-electron chi connectivity index (χ1n) is 9.50. The average molecular weight is 382 g/mol. The van der Waals surface area contributed by atoms with E-state index in [0.717, 1.165) is 24.4 Å². The molecule has 1 saturated carbocycles. The fourth-order valence-electron chi connectivity index (χ4n) is 3.63. The van der Waals surface area contributed by atoms with Crippen molar-refractivity contribution in [2.75, 3.05) is 18.1 Å². The Labute approximate surface area is 155 Å². The number of halogens is 1. The Hall–Kier alpha value is -1.63. The highest BCUT2D eigenvalue weighted by Gasteiger charge is 2.28. The third-order valence-corrected chi connectivity index (χ3v) is 7.00. The van der Waals surface area contributed by atoms with Crippen molar-refractivity contribution in [1.29, 1.82) is 0 Å². The summed E-state index contributed by atoms with van der Waals surface area (Å²) in [5.74, 6) is 1.17. The van der Waals surface area contributed by atoms with Gasteiger partial charge < -0.3 is 10.6 Å². The molecule has 1 heterocycles. The van der Waals surface area contributed by atoms with E-state index in [1.807, 2.05) is 0 Å². The molecule has 1 atom stereocenters. The van der Waals surface area contributed by atoms with Crippen LogP contribution >= 0.6 is 0 Å². The van der Waals surface area contributed by atoms with Gasteiger partial charge in [0.15, 0.2) is 15.8 Å². The molecule has 2 aliphatic rings. The predicted molar refractivity (Wildman–Crippen MR) is 102 cm³/mol. The molecule has 1 aromatic carbocycles. The third-order valence-electron chi connectivity index (χ3n) is 5.16. The van der Waals surface area contributed by atoms with Crippen molar-refractivity contribution in [2.24, 2.45) is 10.9 Å². The van der Waals surface area contributed by atoms with Crippen molar-refractivity contribution in [2.45, 2.75) is 51.1 Å². The maximum absolute atomic E-state index is 13.0. The second-order valence-electron chi connectivity index (χ2n) is 7.42. The van der Waals surface area contributed by atoms with Gasteiger partial charge in [-0.3, -0.25) is 0 Å². The number of nitrogens with one attached hydrogen (secondary N) is 2. The van der Waals surface area contributed by atoms with Gasteiger partial charge in [0, 0.05) is 12.6 Å². The molecule has 0 radical (unpaired) electrons. The van der Waals surface area contributed by atoms with E-state index in [4.69, 9.17) is 0 Å². The van der Waals surface area contributed by atoms with Crippen LogP contribution < -0.4 is 10.6 Å². The van der Waals surface area contributed by atoms with E-state index in [2.05, 4.69) is 15.6 Å². The summed E-state index contributed by atoms with van der Waals surface area (Å²) in [5.41, 5.74) is 0.944. The molecule has 1 aromatic rings. The number of guanidine groups is 1. The SMILES string of the molecule is O=S1(=O)CCC(CNC(=NCc2ccc(F)cc2)NC2CCCCC2)C1. The zero-order valence-electron chi connectivity index (χ0n) is 15.1. The van der Waals surface area contributed by atoms with Crippen LogP contribution in [0.5, 0.6) is 0 Å². The molecule has 1 unspecified atom stereocenters. The smallest absolute Gasteiger partial charge is 0.191 e. The predicted octanol–water partition coefficient (Wildman–Crippen LogP) is 2.63. The van der Waals surface area contributed by atoms with Crippen LogP contribution in [0.1, 0.15) is 44.1 Å². The maximum atomic E-state index is 13.0. The van der Waals surface area contributed by atoms with Crippen molar-refractivity contribution < 1.29 is 12.8 Å². The number of benzene rings is 1. The van der Waals surface area contributed by atoms with E-state index >= 15 is 0 Å². The summed E-state index contributed by atoms with van der Waals surface area (Å²) in [5, 5.41) is 6.83. The average Bonchev–Trinajstić information content (AvgIpc) is 2.98. The second-order valence-corrected chi connectivity index (χ2v) is 9.65. The molecule has 1 saturated heterocycles. The molecule has 3 rings (SSSR count). The van der Waals surface area contributed by atoms with Gasteiger partial charge in [-0.2, -0.15) is 0 Å². The van der Waals surface area contributed by atoms with E-state index in [1.165, 1.54) is 31.4 Å². The first kappa shape index (κ1) is 19.1. The molecule has 0 spiro atoms. The highest BCUT2D eigenvalue weighted by Crippen LogP contribution is 2.18. The molecule has 144 valence electrons. The van der Waals surface area contributed by atoms with Crippen LogP contribution in [0.3, 0.4) is 0 Å². The molecule has 2 N–H and O–H groups in total. The lowest BCUT2D eigenvalue weighted by molar-refractivity contribution is 0.408. The Kier molecular flexibility index (Phi) is 6.51. The summed E-state index contributed by atoms with van der Waals surface area (Å²) in [4.78, 5) is 4.64. The summed E-state index contributed by atoms with van der Waals surface area (Å²) in [6, 6.07) is 6.77. The van der Waals surface area contributed by atoms with Crippen molar-refractivity contribution >= 4 is 15.8 Å². The molecule has 2 fully saturated rings. The van der Waals surface area contributed by atoms with Gasteiger partial charge in [-0.25, -0.2) is 17.8 Å². The Morgan fingerprint density at radius 3 is 2.50 bits per heavy atom. The lowest BCUT2D eigenvalue weighted by Gasteiger charge is -2.25. The van der Waals surface area contributed by atoms with Gasteiger partial charge in [-0.15, -0.1) is 0 Å². The van der Waals surface area contributed by atoms with Gasteiger partial charge in [0.05, 0.1) is 18.1 Å². The molecule has 0 bridgehead atoms. The molecule has 1 aliphatic carbocycles. The maximum Gasteiger partial charge on any atom is 0.191 e. The van der Waals surface area contributed by atoms with E-state index in [0.29, 0.717) is 25.6 Å². The highest BCUT2D eigenvalue weighted by atomic mass is 32.2. The summed E-state index contributed by atoms with van der Waals surface area (Å²) in [7, 11) is -2.87. The summed E-state index contributed by atoms with van der Waals surface area (Å²) < 4.78 is 36.3. The molecular weight excluding hydrogens is 353 g/mol. The van der Waals surface area contributed by atoms with Gasteiger partial charge >= 0.3 is 0 Å². The minimum Gasteiger partial charge on any atom is -0.356 e. The fraction of sp³-hybridized carbons (Fsp3) is 0.632. The summed E-state index contributed by atoms with van der Waals surface area (Å²) in [6.07, 6.45) is 6.72. The lowest BCUT2D eigenvalue weighted by atomic mass is 9.96. The number of sulfone groups is 1. The van der Waals surface area contributed by atoms with E-state index in [-0.39, 0.29) is 23.2 Å². The Bertz CT molecular complexity index is 713. The Balaban J connectivity index is 1.60. The van der Waals surface area contributed by atoms with Crippen LogP contribution in [0, 0.1) is 11.7 Å². The van der Waals surface area contributed by atoms with Crippen molar-refractivity contribution in [3.8, 4) is 0 Å². The van der Waals surface area contributed by atoms with Gasteiger partial charge in [0.2, 0.25) is 0 Å². The van der Waals surface area contributed by atoms with Crippen molar-refractivity contribution in [1.82, 2.24) is 10.6 Å². The molecule has 0 aromatic heterocycles. The Morgan fingerprint density at radius 1 is 1.12 bits per heavy atom. The van der Waals surface area contributed by atoms with Crippen LogP contribution in [0.25, 0.3) is 0 Å².